The van der Waals surface area contributed by atoms with Crippen LogP contribution < -0.4 is 11.1 Å². The van der Waals surface area contributed by atoms with E-state index in [0.29, 0.717) is 12.5 Å². The summed E-state index contributed by atoms with van der Waals surface area (Å²) < 4.78 is 26.5. The van der Waals surface area contributed by atoms with Gasteiger partial charge >= 0.3 is 0 Å². The summed E-state index contributed by atoms with van der Waals surface area (Å²) in [6, 6.07) is 1.06. The van der Waals surface area contributed by atoms with Crippen LogP contribution in [0, 0.1) is 11.6 Å². The molecular formula is C11H13BrF2N2OS. The molecule has 7 heteroatoms. The van der Waals surface area contributed by atoms with Crippen LogP contribution in [0.25, 0.3) is 0 Å². The van der Waals surface area contributed by atoms with Crippen molar-refractivity contribution in [3.63, 3.8) is 0 Å². The van der Waals surface area contributed by atoms with E-state index in [2.05, 4.69) is 21.2 Å². The normalized spacial score (nSPS) is 12.3. The van der Waals surface area contributed by atoms with Crippen molar-refractivity contribution < 1.29 is 13.6 Å². The predicted molar refractivity (Wildman–Crippen MR) is 73.7 cm³/mol. The summed E-state index contributed by atoms with van der Waals surface area (Å²) in [7, 11) is 0. The molecule has 3 nitrogen and oxygen atoms in total. The van der Waals surface area contributed by atoms with Crippen molar-refractivity contribution in [2.24, 2.45) is 5.73 Å². The van der Waals surface area contributed by atoms with Crippen molar-refractivity contribution in [1.82, 2.24) is 0 Å². The molecule has 1 rings (SSSR count). The molecule has 1 aromatic rings. The van der Waals surface area contributed by atoms with Gasteiger partial charge in [0.1, 0.15) is 5.82 Å². The van der Waals surface area contributed by atoms with Crippen LogP contribution in [-0.2, 0) is 4.79 Å². The largest absolute Gasteiger partial charge is 0.321 e. The predicted octanol–water partition coefficient (Wildman–Crippen LogP) is 2.75. The molecule has 100 valence electrons. The lowest BCUT2D eigenvalue weighted by molar-refractivity contribution is -0.117. The van der Waals surface area contributed by atoms with E-state index in [1.54, 1.807) is 11.8 Å². The van der Waals surface area contributed by atoms with E-state index in [1.807, 2.05) is 6.26 Å². The number of halogens is 3. The quantitative estimate of drug-likeness (QED) is 0.867. The zero-order chi connectivity index (χ0) is 13.7. The van der Waals surface area contributed by atoms with Gasteiger partial charge in [-0.1, -0.05) is 0 Å². The Morgan fingerprint density at radius 1 is 1.56 bits per heavy atom. The summed E-state index contributed by atoms with van der Waals surface area (Å²) in [5.74, 6) is -1.31. The Morgan fingerprint density at radius 2 is 2.22 bits per heavy atom. The zero-order valence-electron chi connectivity index (χ0n) is 9.67. The van der Waals surface area contributed by atoms with E-state index in [1.165, 1.54) is 0 Å². The summed E-state index contributed by atoms with van der Waals surface area (Å²) in [6.45, 7) is 0. The molecule has 0 aliphatic rings. The number of carbonyl (C=O) groups is 1. The van der Waals surface area contributed by atoms with Gasteiger partial charge in [0.15, 0.2) is 5.82 Å². The van der Waals surface area contributed by atoms with E-state index in [9.17, 15) is 13.6 Å². The number of carbonyl (C=O) groups excluding carboxylic acids is 1. The van der Waals surface area contributed by atoms with Crippen LogP contribution in [0.5, 0.6) is 0 Å². The van der Waals surface area contributed by atoms with Crippen LogP contribution in [0.1, 0.15) is 6.42 Å². The molecule has 0 aliphatic carbocycles. The second-order valence-corrected chi connectivity index (χ2v) is 5.46. The van der Waals surface area contributed by atoms with E-state index >= 15 is 0 Å². The number of amides is 1. The molecule has 3 N–H and O–H groups in total. The molecule has 0 aromatic heterocycles. The third kappa shape index (κ3) is 4.22. The molecule has 1 aromatic carbocycles. The standard InChI is InChI=1S/C11H13BrF2N2OS/c1-18-3-2-9(15)11(17)16-10-7(12)4-6(13)5-8(10)14/h4-5,9H,2-3,15H2,1H3,(H,16,17)/t9-/m0/s1. The third-order valence-corrected chi connectivity index (χ3v) is 3.49. The van der Waals surface area contributed by atoms with Crippen molar-refractivity contribution in [2.45, 2.75) is 12.5 Å². The lowest BCUT2D eigenvalue weighted by Gasteiger charge is -2.13. The minimum Gasteiger partial charge on any atom is -0.321 e. The lowest BCUT2D eigenvalue weighted by atomic mass is 10.2. The Morgan fingerprint density at radius 3 is 2.78 bits per heavy atom. The monoisotopic (exact) mass is 338 g/mol. The molecule has 0 spiro atoms. The number of hydrogen-bond acceptors (Lipinski definition) is 3. The highest BCUT2D eigenvalue weighted by Gasteiger charge is 2.17. The Bertz CT molecular complexity index is 422. The molecule has 1 atom stereocenters. The number of nitrogens with one attached hydrogen (secondary N) is 1. The van der Waals surface area contributed by atoms with Crippen molar-refractivity contribution in [1.29, 1.82) is 0 Å². The number of rotatable bonds is 5. The van der Waals surface area contributed by atoms with E-state index in [4.69, 9.17) is 5.73 Å². The number of thioether (sulfide) groups is 1. The highest BCUT2D eigenvalue weighted by Crippen LogP contribution is 2.26. The summed E-state index contributed by atoms with van der Waals surface area (Å²) in [5, 5.41) is 2.35. The summed E-state index contributed by atoms with van der Waals surface area (Å²) in [5.41, 5.74) is 5.55. The van der Waals surface area contributed by atoms with Crippen LogP contribution in [-0.4, -0.2) is 24.0 Å². The fourth-order valence-electron chi connectivity index (χ4n) is 1.25. The third-order valence-electron chi connectivity index (χ3n) is 2.22. The molecule has 0 unspecified atom stereocenters. The zero-order valence-corrected chi connectivity index (χ0v) is 12.1. The first-order chi connectivity index (χ1) is 8.45. The summed E-state index contributed by atoms with van der Waals surface area (Å²) in [4.78, 5) is 11.7. The molecule has 0 saturated heterocycles. The van der Waals surface area contributed by atoms with Gasteiger partial charge in [-0.15, -0.1) is 0 Å². The lowest BCUT2D eigenvalue weighted by Crippen LogP contribution is -2.36. The van der Waals surface area contributed by atoms with Gasteiger partial charge in [0.25, 0.3) is 0 Å². The minimum absolute atomic E-state index is 0.0963. The molecule has 0 fully saturated rings. The van der Waals surface area contributed by atoms with Gasteiger partial charge in [-0.25, -0.2) is 8.78 Å². The van der Waals surface area contributed by atoms with Crippen molar-refractivity contribution >= 4 is 39.3 Å². The first kappa shape index (κ1) is 15.4. The van der Waals surface area contributed by atoms with Crippen molar-refractivity contribution in [2.75, 3.05) is 17.3 Å². The number of anilines is 1. The highest BCUT2D eigenvalue weighted by molar-refractivity contribution is 9.10. The average molecular weight is 339 g/mol. The fourth-order valence-corrected chi connectivity index (χ4v) is 2.25. The van der Waals surface area contributed by atoms with Gasteiger partial charge in [0, 0.05) is 10.5 Å². The van der Waals surface area contributed by atoms with Crippen molar-refractivity contribution in [3.05, 3.63) is 28.2 Å². The average Bonchev–Trinajstić information content (AvgIpc) is 2.30. The van der Waals surface area contributed by atoms with E-state index in [-0.39, 0.29) is 10.2 Å². The molecule has 0 radical (unpaired) electrons. The van der Waals surface area contributed by atoms with Gasteiger partial charge in [-0.3, -0.25) is 4.79 Å². The Balaban J connectivity index is 2.76. The Kier molecular flexibility index (Phi) is 6.04. The first-order valence-corrected chi connectivity index (χ1v) is 7.34. The molecular weight excluding hydrogens is 326 g/mol. The second-order valence-electron chi connectivity index (χ2n) is 3.62. The van der Waals surface area contributed by atoms with E-state index < -0.39 is 23.6 Å². The molecule has 1 amide bonds. The van der Waals surface area contributed by atoms with Crippen LogP contribution in [0.2, 0.25) is 0 Å². The second kappa shape index (κ2) is 7.06. The smallest absolute Gasteiger partial charge is 0.241 e. The van der Waals surface area contributed by atoms with Gasteiger partial charge in [0.05, 0.1) is 11.7 Å². The Labute approximate surface area is 117 Å². The molecule has 18 heavy (non-hydrogen) atoms. The maximum absolute atomic E-state index is 13.5. The van der Waals surface area contributed by atoms with E-state index in [0.717, 1.165) is 11.8 Å². The van der Waals surface area contributed by atoms with Crippen LogP contribution in [0.3, 0.4) is 0 Å². The molecule has 0 bridgehead atoms. The SMILES string of the molecule is CSCC[C@H](N)C(=O)Nc1c(F)cc(F)cc1Br. The van der Waals surface area contributed by atoms with Gasteiger partial charge in [0.2, 0.25) is 5.91 Å². The van der Waals surface area contributed by atoms with Crippen LogP contribution >= 0.6 is 27.7 Å². The van der Waals surface area contributed by atoms with Gasteiger partial charge < -0.3 is 11.1 Å². The highest BCUT2D eigenvalue weighted by atomic mass is 79.9. The number of nitrogens with two attached hydrogens (primary N) is 1. The van der Waals surface area contributed by atoms with Crippen LogP contribution in [0.15, 0.2) is 16.6 Å². The Hall–Kier alpha value is -0.660. The first-order valence-electron chi connectivity index (χ1n) is 5.15. The topological polar surface area (TPSA) is 55.1 Å². The fraction of sp³-hybridized carbons (Fsp3) is 0.364. The molecule has 0 heterocycles. The van der Waals surface area contributed by atoms with Crippen LogP contribution in [0.4, 0.5) is 14.5 Å². The van der Waals surface area contributed by atoms with Crippen molar-refractivity contribution in [3.8, 4) is 0 Å². The van der Waals surface area contributed by atoms with Gasteiger partial charge in [-0.05, 0) is 40.4 Å². The maximum atomic E-state index is 13.5. The number of benzene rings is 1. The number of hydrogen-bond donors (Lipinski definition) is 2. The maximum Gasteiger partial charge on any atom is 0.241 e. The summed E-state index contributed by atoms with van der Waals surface area (Å²) in [6.07, 6.45) is 2.40. The van der Waals surface area contributed by atoms with Gasteiger partial charge in [-0.2, -0.15) is 11.8 Å². The molecule has 0 saturated carbocycles. The summed E-state index contributed by atoms with van der Waals surface area (Å²) >= 11 is 4.56. The molecule has 0 aliphatic heterocycles. The minimum atomic E-state index is -0.840.